The Morgan fingerprint density at radius 3 is 2.57 bits per heavy atom. The van der Waals surface area contributed by atoms with Crippen LogP contribution < -0.4 is 10.2 Å². The highest BCUT2D eigenvalue weighted by Gasteiger charge is 2.36. The van der Waals surface area contributed by atoms with Crippen LogP contribution in [0.25, 0.3) is 0 Å². The van der Waals surface area contributed by atoms with Crippen LogP contribution in [0.4, 0.5) is 10.5 Å². The number of nitrogens with one attached hydrogen (secondary N) is 1. The van der Waals surface area contributed by atoms with Crippen LogP contribution in [0.15, 0.2) is 24.3 Å². The Bertz CT molecular complexity index is 538. The van der Waals surface area contributed by atoms with Crippen LogP contribution in [-0.4, -0.2) is 30.2 Å². The van der Waals surface area contributed by atoms with E-state index in [9.17, 15) is 14.7 Å². The Morgan fingerprint density at radius 1 is 1.29 bits per heavy atom. The minimum Gasteiger partial charge on any atom is -0.481 e. The Kier molecular flexibility index (Phi) is 4.50. The molecule has 5 heteroatoms. The highest BCUT2D eigenvalue weighted by atomic mass is 16.4. The summed E-state index contributed by atoms with van der Waals surface area (Å²) >= 11 is 0. The molecular formula is C16H22N2O3. The zero-order valence-electron chi connectivity index (χ0n) is 12.6. The Hall–Kier alpha value is -2.04. The molecule has 0 bridgehead atoms. The van der Waals surface area contributed by atoms with Crippen molar-refractivity contribution >= 4 is 17.7 Å². The molecule has 1 aliphatic rings. The minimum atomic E-state index is -0.880. The van der Waals surface area contributed by atoms with Gasteiger partial charge in [-0.25, -0.2) is 4.79 Å². The molecule has 0 spiro atoms. The lowest BCUT2D eigenvalue weighted by Crippen LogP contribution is -2.47. The predicted octanol–water partition coefficient (Wildman–Crippen LogP) is 2.65. The van der Waals surface area contributed by atoms with Gasteiger partial charge in [-0.3, -0.25) is 9.69 Å². The first kappa shape index (κ1) is 15.4. The number of urea groups is 1. The first-order valence-corrected chi connectivity index (χ1v) is 7.40. The van der Waals surface area contributed by atoms with Gasteiger partial charge in [0.05, 0.1) is 5.41 Å². The number of anilines is 1. The number of carboxylic acids is 1. The normalized spacial score (nSPS) is 13.9. The predicted molar refractivity (Wildman–Crippen MR) is 81.5 cm³/mol. The second-order valence-electron chi connectivity index (χ2n) is 5.48. The maximum absolute atomic E-state index is 12.3. The molecule has 21 heavy (non-hydrogen) atoms. The lowest BCUT2D eigenvalue weighted by atomic mass is 9.82. The van der Waals surface area contributed by atoms with E-state index < -0.39 is 11.4 Å². The molecule has 2 N–H and O–H groups in total. The first-order chi connectivity index (χ1) is 10.0. The first-order valence-electron chi connectivity index (χ1n) is 7.40. The van der Waals surface area contributed by atoms with E-state index in [2.05, 4.69) is 5.32 Å². The third-order valence-corrected chi connectivity index (χ3v) is 4.52. The van der Waals surface area contributed by atoms with Crippen molar-refractivity contribution in [1.82, 2.24) is 5.32 Å². The van der Waals surface area contributed by atoms with Crippen molar-refractivity contribution in [2.24, 2.45) is 5.41 Å². The smallest absolute Gasteiger partial charge is 0.321 e. The lowest BCUT2D eigenvalue weighted by Gasteiger charge is -2.28. The fraction of sp³-hybridized carbons (Fsp3) is 0.500. The van der Waals surface area contributed by atoms with Crippen LogP contribution in [0.5, 0.6) is 0 Å². The number of rotatable bonds is 5. The summed E-state index contributed by atoms with van der Waals surface area (Å²) in [6, 6.07) is 7.59. The minimum absolute atomic E-state index is 0.160. The number of hydrogen-bond acceptors (Lipinski definition) is 2. The third kappa shape index (κ3) is 2.86. The van der Waals surface area contributed by atoms with Gasteiger partial charge in [0.15, 0.2) is 0 Å². The molecule has 1 aromatic rings. The summed E-state index contributed by atoms with van der Waals surface area (Å²) in [6.45, 7) is 4.49. The van der Waals surface area contributed by atoms with Crippen molar-refractivity contribution < 1.29 is 14.7 Å². The molecule has 0 saturated heterocycles. The second kappa shape index (κ2) is 6.16. The number of hydrogen-bond donors (Lipinski definition) is 2. The van der Waals surface area contributed by atoms with Crippen molar-refractivity contribution in [3.63, 3.8) is 0 Å². The molecule has 2 rings (SSSR count). The van der Waals surface area contributed by atoms with Crippen molar-refractivity contribution in [3.05, 3.63) is 29.8 Å². The number of carbonyl (C=O) groups is 2. The molecule has 0 fully saturated rings. The number of aliphatic carboxylic acids is 1. The molecule has 0 radical (unpaired) electrons. The van der Waals surface area contributed by atoms with E-state index in [0.29, 0.717) is 19.4 Å². The highest BCUT2D eigenvalue weighted by Crippen LogP contribution is 2.28. The van der Waals surface area contributed by atoms with Gasteiger partial charge in [-0.1, -0.05) is 32.0 Å². The lowest BCUT2D eigenvalue weighted by molar-refractivity contribution is -0.149. The largest absolute Gasteiger partial charge is 0.481 e. The quantitative estimate of drug-likeness (QED) is 0.876. The summed E-state index contributed by atoms with van der Waals surface area (Å²) < 4.78 is 0. The Morgan fingerprint density at radius 2 is 1.95 bits per heavy atom. The maximum Gasteiger partial charge on any atom is 0.321 e. The molecule has 1 aliphatic heterocycles. The number of amides is 2. The summed E-state index contributed by atoms with van der Waals surface area (Å²) in [5.41, 5.74) is 1.20. The van der Waals surface area contributed by atoms with Gasteiger partial charge in [-0.2, -0.15) is 0 Å². The van der Waals surface area contributed by atoms with Crippen molar-refractivity contribution in [2.45, 2.75) is 33.1 Å². The van der Waals surface area contributed by atoms with Crippen LogP contribution in [0, 0.1) is 5.41 Å². The van der Waals surface area contributed by atoms with Crippen LogP contribution in [0.3, 0.4) is 0 Å². The zero-order valence-corrected chi connectivity index (χ0v) is 12.6. The van der Waals surface area contributed by atoms with Gasteiger partial charge in [-0.15, -0.1) is 0 Å². The van der Waals surface area contributed by atoms with Gasteiger partial charge in [0, 0.05) is 18.8 Å². The molecule has 1 aromatic carbocycles. The average molecular weight is 290 g/mol. The van der Waals surface area contributed by atoms with Crippen LogP contribution >= 0.6 is 0 Å². The number of carbonyl (C=O) groups excluding carboxylic acids is 1. The zero-order chi connectivity index (χ0) is 15.5. The van der Waals surface area contributed by atoms with E-state index in [4.69, 9.17) is 0 Å². The molecule has 0 atom stereocenters. The van der Waals surface area contributed by atoms with E-state index >= 15 is 0 Å². The summed E-state index contributed by atoms with van der Waals surface area (Å²) in [5, 5.41) is 12.2. The Balaban J connectivity index is 2.05. The third-order valence-electron chi connectivity index (χ3n) is 4.52. The maximum atomic E-state index is 12.3. The summed E-state index contributed by atoms with van der Waals surface area (Å²) in [7, 11) is 0. The molecule has 0 saturated carbocycles. The van der Waals surface area contributed by atoms with Crippen molar-refractivity contribution in [3.8, 4) is 0 Å². The van der Waals surface area contributed by atoms with Crippen LogP contribution in [0.2, 0.25) is 0 Å². The van der Waals surface area contributed by atoms with Crippen LogP contribution in [-0.2, 0) is 11.2 Å². The van der Waals surface area contributed by atoms with Gasteiger partial charge in [0.1, 0.15) is 0 Å². The van der Waals surface area contributed by atoms with Crippen molar-refractivity contribution in [2.75, 3.05) is 18.0 Å². The van der Waals surface area contributed by atoms with E-state index in [1.165, 1.54) is 0 Å². The summed E-state index contributed by atoms with van der Waals surface area (Å²) in [4.78, 5) is 25.5. The fourth-order valence-corrected chi connectivity index (χ4v) is 2.77. The molecular weight excluding hydrogens is 268 g/mol. The van der Waals surface area contributed by atoms with E-state index in [-0.39, 0.29) is 12.6 Å². The monoisotopic (exact) mass is 290 g/mol. The Labute approximate surface area is 125 Å². The molecule has 2 amide bonds. The topological polar surface area (TPSA) is 69.6 Å². The van der Waals surface area contributed by atoms with Gasteiger partial charge >= 0.3 is 12.0 Å². The van der Waals surface area contributed by atoms with Gasteiger partial charge in [-0.05, 0) is 30.9 Å². The molecule has 0 unspecified atom stereocenters. The number of nitrogens with zero attached hydrogens (tertiary/aromatic N) is 1. The number of para-hydroxylation sites is 1. The molecule has 5 nitrogen and oxygen atoms in total. The molecule has 114 valence electrons. The molecule has 0 aliphatic carbocycles. The SMILES string of the molecule is CCC(CC)(CNC(=O)N1CCc2ccccc21)C(=O)O. The van der Waals surface area contributed by atoms with Crippen molar-refractivity contribution in [1.29, 1.82) is 0 Å². The molecule has 0 aromatic heterocycles. The standard InChI is InChI=1S/C16H22N2O3/c1-3-16(4-2,14(19)20)11-17-15(21)18-10-9-12-7-5-6-8-13(12)18/h5-8H,3-4,9-11H2,1-2H3,(H,17,21)(H,19,20). The number of fused-ring (bicyclic) bond motifs is 1. The van der Waals surface area contributed by atoms with Crippen LogP contribution in [0.1, 0.15) is 32.3 Å². The average Bonchev–Trinajstić information content (AvgIpc) is 2.92. The number of carboxylic acid groups (broad SMARTS) is 1. The van der Waals surface area contributed by atoms with Gasteiger partial charge < -0.3 is 10.4 Å². The highest BCUT2D eigenvalue weighted by molar-refractivity contribution is 5.94. The van der Waals surface area contributed by atoms with Gasteiger partial charge in [0.25, 0.3) is 0 Å². The van der Waals surface area contributed by atoms with E-state index in [0.717, 1.165) is 17.7 Å². The summed E-state index contributed by atoms with van der Waals surface area (Å²) in [6.07, 6.45) is 1.83. The van der Waals surface area contributed by atoms with E-state index in [1.807, 2.05) is 38.1 Å². The fourth-order valence-electron chi connectivity index (χ4n) is 2.77. The van der Waals surface area contributed by atoms with E-state index in [1.54, 1.807) is 4.90 Å². The van der Waals surface area contributed by atoms with Gasteiger partial charge in [0.2, 0.25) is 0 Å². The number of benzene rings is 1. The second-order valence-corrected chi connectivity index (χ2v) is 5.48. The molecule has 1 heterocycles. The summed E-state index contributed by atoms with van der Waals surface area (Å²) in [5.74, 6) is -0.852.